The largest absolute Gasteiger partial charge is 0.497 e. The number of hydrogen-bond acceptors (Lipinski definition) is 5. The van der Waals surface area contributed by atoms with Gasteiger partial charge in [-0.1, -0.05) is 18.2 Å². The Hall–Kier alpha value is -3.48. The zero-order valence-electron chi connectivity index (χ0n) is 16.3. The number of benzene rings is 2. The van der Waals surface area contributed by atoms with Crippen molar-refractivity contribution in [2.45, 2.75) is 26.8 Å². The molecular weight excluding hydrogens is 356 g/mol. The lowest BCUT2D eigenvalue weighted by Crippen LogP contribution is -2.35. The van der Waals surface area contributed by atoms with E-state index in [0.717, 1.165) is 27.1 Å². The maximum atomic E-state index is 12.6. The number of aromatic nitrogens is 3. The molecule has 144 valence electrons. The van der Waals surface area contributed by atoms with Crippen LogP contribution in [0.2, 0.25) is 0 Å². The fourth-order valence-electron chi connectivity index (χ4n) is 2.87. The predicted octanol–water partition coefficient (Wildman–Crippen LogP) is 3.13. The molecule has 1 amide bonds. The molecule has 1 atom stereocenters. The summed E-state index contributed by atoms with van der Waals surface area (Å²) in [5, 5.41) is 7.04. The Morgan fingerprint density at radius 3 is 2.32 bits per heavy atom. The number of carbonyl (C=O) groups excluding carboxylic acids is 1. The molecule has 0 saturated carbocycles. The van der Waals surface area contributed by atoms with Crippen molar-refractivity contribution < 1.29 is 9.53 Å². The molecule has 0 spiro atoms. The summed E-state index contributed by atoms with van der Waals surface area (Å²) in [6, 6.07) is 12.1. The molecule has 0 aliphatic rings. The molecule has 3 aromatic rings. The Morgan fingerprint density at radius 2 is 1.75 bits per heavy atom. The van der Waals surface area contributed by atoms with Gasteiger partial charge in [-0.15, -0.1) is 0 Å². The van der Waals surface area contributed by atoms with E-state index in [0.29, 0.717) is 11.4 Å². The highest BCUT2D eigenvalue weighted by molar-refractivity contribution is 5.94. The smallest absolute Gasteiger partial charge is 0.365 e. The van der Waals surface area contributed by atoms with E-state index in [-0.39, 0.29) is 5.91 Å². The van der Waals surface area contributed by atoms with Crippen molar-refractivity contribution in [3.05, 3.63) is 70.3 Å². The number of nitrogens with one attached hydrogen (secondary N) is 1. The second kappa shape index (κ2) is 8.04. The Bertz CT molecular complexity index is 1040. The molecule has 0 radical (unpaired) electrons. The molecular formula is C21H22N4O3. The first kappa shape index (κ1) is 19.3. The Kier molecular flexibility index (Phi) is 5.54. The van der Waals surface area contributed by atoms with E-state index in [9.17, 15) is 9.59 Å². The molecule has 3 rings (SSSR count). The normalized spacial score (nSPS) is 11.7. The van der Waals surface area contributed by atoms with Crippen LogP contribution in [-0.4, -0.2) is 27.8 Å². The highest BCUT2D eigenvalue weighted by Gasteiger charge is 2.20. The quantitative estimate of drug-likeness (QED) is 0.737. The number of rotatable bonds is 5. The number of hydrogen-bond donors (Lipinski definition) is 1. The van der Waals surface area contributed by atoms with Gasteiger partial charge in [0.25, 0.3) is 0 Å². The van der Waals surface area contributed by atoms with Crippen LogP contribution in [0.15, 0.2) is 53.5 Å². The minimum atomic E-state index is -0.802. The minimum absolute atomic E-state index is 0.328. The SMILES string of the molecule is COc1ccc(-c2cnn(C(C)C(=O)Nc3c(C)cccc3C)c(=O)n2)cc1. The molecule has 7 nitrogen and oxygen atoms in total. The monoisotopic (exact) mass is 378 g/mol. The van der Waals surface area contributed by atoms with Gasteiger partial charge < -0.3 is 10.1 Å². The Labute approximate surface area is 163 Å². The van der Waals surface area contributed by atoms with E-state index in [1.807, 2.05) is 32.0 Å². The molecule has 0 aliphatic carbocycles. The summed E-state index contributed by atoms with van der Waals surface area (Å²) in [5.74, 6) is 0.382. The first-order chi connectivity index (χ1) is 13.4. The molecule has 1 heterocycles. The zero-order valence-corrected chi connectivity index (χ0v) is 16.3. The lowest BCUT2D eigenvalue weighted by atomic mass is 10.1. The van der Waals surface area contributed by atoms with Crippen molar-refractivity contribution in [2.24, 2.45) is 0 Å². The van der Waals surface area contributed by atoms with Crippen molar-refractivity contribution in [1.29, 1.82) is 0 Å². The van der Waals surface area contributed by atoms with Crippen molar-refractivity contribution in [1.82, 2.24) is 14.8 Å². The highest BCUT2D eigenvalue weighted by atomic mass is 16.5. The topological polar surface area (TPSA) is 86.1 Å². The molecule has 0 fully saturated rings. The van der Waals surface area contributed by atoms with E-state index in [2.05, 4.69) is 15.4 Å². The molecule has 2 aromatic carbocycles. The Morgan fingerprint density at radius 1 is 1.11 bits per heavy atom. The van der Waals surface area contributed by atoms with Gasteiger partial charge in [-0.25, -0.2) is 9.48 Å². The summed E-state index contributed by atoms with van der Waals surface area (Å²) in [6.07, 6.45) is 1.48. The van der Waals surface area contributed by atoms with Crippen molar-refractivity contribution in [2.75, 3.05) is 12.4 Å². The van der Waals surface area contributed by atoms with Gasteiger partial charge in [0.1, 0.15) is 11.8 Å². The van der Waals surface area contributed by atoms with E-state index in [4.69, 9.17) is 4.74 Å². The van der Waals surface area contributed by atoms with Gasteiger partial charge in [-0.2, -0.15) is 10.1 Å². The van der Waals surface area contributed by atoms with Gasteiger partial charge in [-0.3, -0.25) is 4.79 Å². The highest BCUT2D eigenvalue weighted by Crippen LogP contribution is 2.21. The van der Waals surface area contributed by atoms with Crippen LogP contribution in [0.5, 0.6) is 5.75 Å². The fourth-order valence-corrected chi connectivity index (χ4v) is 2.87. The van der Waals surface area contributed by atoms with Crippen LogP contribution in [-0.2, 0) is 4.79 Å². The number of amides is 1. The van der Waals surface area contributed by atoms with Crippen LogP contribution in [0, 0.1) is 13.8 Å². The van der Waals surface area contributed by atoms with Crippen LogP contribution in [0.3, 0.4) is 0 Å². The number of carbonyl (C=O) groups is 1. The second-order valence-corrected chi connectivity index (χ2v) is 6.53. The molecule has 7 heteroatoms. The maximum Gasteiger partial charge on any atom is 0.365 e. The van der Waals surface area contributed by atoms with E-state index >= 15 is 0 Å². The van der Waals surface area contributed by atoms with Gasteiger partial charge in [0, 0.05) is 11.3 Å². The molecule has 1 aromatic heterocycles. The summed E-state index contributed by atoms with van der Waals surface area (Å²) < 4.78 is 6.20. The summed E-state index contributed by atoms with van der Waals surface area (Å²) in [6.45, 7) is 5.46. The molecule has 0 saturated heterocycles. The van der Waals surface area contributed by atoms with Crippen molar-refractivity contribution in [3.63, 3.8) is 0 Å². The molecule has 1 N–H and O–H groups in total. The van der Waals surface area contributed by atoms with Gasteiger partial charge >= 0.3 is 5.69 Å². The first-order valence-electron chi connectivity index (χ1n) is 8.88. The van der Waals surface area contributed by atoms with Gasteiger partial charge in [0.15, 0.2) is 0 Å². The lowest BCUT2D eigenvalue weighted by Gasteiger charge is -2.16. The third kappa shape index (κ3) is 3.93. The molecule has 28 heavy (non-hydrogen) atoms. The number of methoxy groups -OCH3 is 1. The third-order valence-corrected chi connectivity index (χ3v) is 4.58. The summed E-state index contributed by atoms with van der Waals surface area (Å²) >= 11 is 0. The number of nitrogens with zero attached hydrogens (tertiary/aromatic N) is 3. The summed E-state index contributed by atoms with van der Waals surface area (Å²) in [7, 11) is 1.58. The van der Waals surface area contributed by atoms with Gasteiger partial charge in [-0.05, 0) is 56.2 Å². The molecule has 0 bridgehead atoms. The van der Waals surface area contributed by atoms with Crippen LogP contribution in [0.4, 0.5) is 5.69 Å². The van der Waals surface area contributed by atoms with Gasteiger partial charge in [0.05, 0.1) is 19.0 Å². The first-order valence-corrected chi connectivity index (χ1v) is 8.88. The average Bonchev–Trinajstić information content (AvgIpc) is 2.70. The van der Waals surface area contributed by atoms with Crippen LogP contribution < -0.4 is 15.7 Å². The van der Waals surface area contributed by atoms with E-state index < -0.39 is 11.7 Å². The standard InChI is InChI=1S/C21H22N4O3/c1-13-6-5-7-14(2)19(13)24-20(26)15(3)25-21(27)23-18(12-22-25)16-8-10-17(28-4)11-9-16/h5-12,15H,1-4H3,(H,24,26). The number of ether oxygens (including phenoxy) is 1. The van der Waals surface area contributed by atoms with E-state index in [1.165, 1.54) is 6.20 Å². The summed E-state index contributed by atoms with van der Waals surface area (Å²) in [5.41, 5.74) is 3.24. The van der Waals surface area contributed by atoms with Crippen LogP contribution in [0.1, 0.15) is 24.1 Å². The predicted molar refractivity (Wildman–Crippen MR) is 108 cm³/mol. The number of anilines is 1. The van der Waals surface area contributed by atoms with E-state index in [1.54, 1.807) is 38.3 Å². The average molecular weight is 378 g/mol. The second-order valence-electron chi connectivity index (χ2n) is 6.53. The fraction of sp³-hybridized carbons (Fsp3) is 0.238. The van der Waals surface area contributed by atoms with Crippen molar-refractivity contribution in [3.8, 4) is 17.0 Å². The number of aryl methyl sites for hydroxylation is 2. The third-order valence-electron chi connectivity index (χ3n) is 4.58. The van der Waals surface area contributed by atoms with Crippen LogP contribution in [0.25, 0.3) is 11.3 Å². The lowest BCUT2D eigenvalue weighted by molar-refractivity contribution is -0.119. The molecule has 0 aliphatic heterocycles. The summed E-state index contributed by atoms with van der Waals surface area (Å²) in [4.78, 5) is 29.2. The Balaban J connectivity index is 1.83. The van der Waals surface area contributed by atoms with Crippen molar-refractivity contribution >= 4 is 11.6 Å². The number of para-hydroxylation sites is 1. The maximum absolute atomic E-state index is 12.6. The zero-order chi connectivity index (χ0) is 20.3. The minimum Gasteiger partial charge on any atom is -0.497 e. The molecule has 1 unspecified atom stereocenters. The van der Waals surface area contributed by atoms with Gasteiger partial charge in [0.2, 0.25) is 5.91 Å². The van der Waals surface area contributed by atoms with Crippen LogP contribution >= 0.6 is 0 Å².